The summed E-state index contributed by atoms with van der Waals surface area (Å²) in [5.41, 5.74) is 6.55. The summed E-state index contributed by atoms with van der Waals surface area (Å²) in [6.45, 7) is 2.32. The number of nitrogens with two attached hydrogens (primary N) is 1. The quantitative estimate of drug-likeness (QED) is 0.582. The predicted molar refractivity (Wildman–Crippen MR) is 74.7 cm³/mol. The lowest BCUT2D eigenvalue weighted by Crippen LogP contribution is -2.25. The van der Waals surface area contributed by atoms with Gasteiger partial charge in [0.1, 0.15) is 17.3 Å². The fraction of sp³-hybridized carbons (Fsp3) is 0.286. The number of aromatic nitrogens is 2. The number of carbonyl (C=O) groups is 1. The molecule has 0 atom stereocenters. The van der Waals surface area contributed by atoms with Crippen LogP contribution in [0.25, 0.3) is 0 Å². The summed E-state index contributed by atoms with van der Waals surface area (Å²) in [5, 5.41) is 9.34. The number of nitrogens with one attached hydrogen (secondary N) is 2. The van der Waals surface area contributed by atoms with Crippen molar-refractivity contribution in [1.82, 2.24) is 15.5 Å². The van der Waals surface area contributed by atoms with Crippen LogP contribution in [0.3, 0.4) is 0 Å². The van der Waals surface area contributed by atoms with Gasteiger partial charge in [-0.25, -0.2) is 8.78 Å². The van der Waals surface area contributed by atoms with Gasteiger partial charge in [0, 0.05) is 17.8 Å². The molecular weight excluding hydrogens is 278 g/mol. The molecule has 0 fully saturated rings. The lowest BCUT2D eigenvalue weighted by atomic mass is 10.1. The van der Waals surface area contributed by atoms with E-state index >= 15 is 0 Å². The van der Waals surface area contributed by atoms with E-state index < -0.39 is 23.2 Å². The van der Waals surface area contributed by atoms with Crippen molar-refractivity contribution in [3.05, 3.63) is 46.8 Å². The van der Waals surface area contributed by atoms with Gasteiger partial charge in [-0.1, -0.05) is 0 Å². The van der Waals surface area contributed by atoms with Crippen LogP contribution in [0.2, 0.25) is 0 Å². The van der Waals surface area contributed by atoms with Crippen molar-refractivity contribution in [1.29, 1.82) is 0 Å². The first-order valence-electron chi connectivity index (χ1n) is 6.50. The molecule has 0 aliphatic carbocycles. The number of carbonyl (C=O) groups excluding carboxylic acids is 1. The molecule has 4 N–H and O–H groups in total. The maximum Gasteiger partial charge on any atom is 0.251 e. The predicted octanol–water partition coefficient (Wildman–Crippen LogP) is 1.94. The minimum Gasteiger partial charge on any atom is -0.394 e. The zero-order valence-corrected chi connectivity index (χ0v) is 11.5. The number of rotatable bonds is 5. The summed E-state index contributed by atoms with van der Waals surface area (Å²) in [6.07, 6.45) is 3.20. The molecule has 2 aromatic rings. The number of hydrogen-bond donors (Lipinski definition) is 3. The molecule has 2 rings (SSSR count). The highest BCUT2D eigenvalue weighted by Crippen LogP contribution is 2.17. The third-order valence-electron chi connectivity index (χ3n) is 3.18. The number of benzene rings is 1. The maximum absolute atomic E-state index is 13.3. The zero-order chi connectivity index (χ0) is 15.4. The van der Waals surface area contributed by atoms with Crippen LogP contribution in [0.5, 0.6) is 0 Å². The molecule has 1 amide bonds. The van der Waals surface area contributed by atoms with Gasteiger partial charge in [0.2, 0.25) is 0 Å². The minimum absolute atomic E-state index is 0.0845. The Morgan fingerprint density at radius 2 is 2.05 bits per heavy atom. The number of anilines is 1. The highest BCUT2D eigenvalue weighted by atomic mass is 19.1. The van der Waals surface area contributed by atoms with E-state index in [9.17, 15) is 13.6 Å². The lowest BCUT2D eigenvalue weighted by Gasteiger charge is -2.07. The van der Waals surface area contributed by atoms with Gasteiger partial charge in [-0.15, -0.1) is 0 Å². The number of aryl methyl sites for hydroxylation is 2. The first-order valence-corrected chi connectivity index (χ1v) is 6.50. The monoisotopic (exact) mass is 294 g/mol. The van der Waals surface area contributed by atoms with Crippen LogP contribution < -0.4 is 11.1 Å². The van der Waals surface area contributed by atoms with Gasteiger partial charge >= 0.3 is 0 Å². The van der Waals surface area contributed by atoms with Gasteiger partial charge in [0.05, 0.1) is 6.20 Å². The van der Waals surface area contributed by atoms with E-state index in [1.54, 1.807) is 6.20 Å². The number of H-pyrrole nitrogens is 1. The first kappa shape index (κ1) is 15.0. The van der Waals surface area contributed by atoms with Gasteiger partial charge in [0.15, 0.2) is 0 Å². The van der Waals surface area contributed by atoms with Gasteiger partial charge in [-0.2, -0.15) is 5.10 Å². The van der Waals surface area contributed by atoms with E-state index in [1.165, 1.54) is 0 Å². The van der Waals surface area contributed by atoms with Crippen LogP contribution in [-0.4, -0.2) is 22.6 Å². The number of halogens is 2. The van der Waals surface area contributed by atoms with E-state index in [2.05, 4.69) is 15.5 Å². The summed E-state index contributed by atoms with van der Waals surface area (Å²) in [7, 11) is 0. The highest BCUT2D eigenvalue weighted by molar-refractivity contribution is 5.94. The van der Waals surface area contributed by atoms with Crippen LogP contribution in [0, 0.1) is 18.6 Å². The van der Waals surface area contributed by atoms with Gasteiger partial charge < -0.3 is 11.1 Å². The second kappa shape index (κ2) is 6.34. The van der Waals surface area contributed by atoms with E-state index in [-0.39, 0.29) is 5.56 Å². The largest absolute Gasteiger partial charge is 0.394 e. The number of nitrogens with zero attached hydrogens (tertiary/aromatic N) is 1. The smallest absolute Gasteiger partial charge is 0.251 e. The highest BCUT2D eigenvalue weighted by Gasteiger charge is 2.12. The van der Waals surface area contributed by atoms with Crippen LogP contribution >= 0.6 is 0 Å². The van der Waals surface area contributed by atoms with Crippen LogP contribution in [0.15, 0.2) is 18.3 Å². The van der Waals surface area contributed by atoms with Crippen LogP contribution in [0.4, 0.5) is 14.5 Å². The molecule has 1 aromatic heterocycles. The molecule has 5 nitrogen and oxygen atoms in total. The molecule has 112 valence electrons. The summed E-state index contributed by atoms with van der Waals surface area (Å²) < 4.78 is 26.5. The lowest BCUT2D eigenvalue weighted by molar-refractivity contribution is 0.0952. The Bertz CT molecular complexity index is 631. The second-order valence-corrected chi connectivity index (χ2v) is 4.73. The van der Waals surface area contributed by atoms with Crippen molar-refractivity contribution in [3.8, 4) is 0 Å². The summed E-state index contributed by atoms with van der Waals surface area (Å²) in [5.74, 6) is -2.40. The Morgan fingerprint density at radius 3 is 2.62 bits per heavy atom. The normalized spacial score (nSPS) is 10.6. The number of amides is 1. The molecule has 1 aromatic carbocycles. The third-order valence-corrected chi connectivity index (χ3v) is 3.18. The minimum atomic E-state index is -0.936. The Morgan fingerprint density at radius 1 is 1.38 bits per heavy atom. The van der Waals surface area contributed by atoms with E-state index in [0.29, 0.717) is 13.0 Å². The molecule has 0 saturated carbocycles. The Hall–Kier alpha value is -2.44. The Labute approximate surface area is 120 Å². The van der Waals surface area contributed by atoms with Gasteiger partial charge in [-0.05, 0) is 37.5 Å². The molecular formula is C14H16F2N4O. The topological polar surface area (TPSA) is 83.8 Å². The van der Waals surface area contributed by atoms with Crippen molar-refractivity contribution in [3.63, 3.8) is 0 Å². The second-order valence-electron chi connectivity index (χ2n) is 4.73. The molecule has 21 heavy (non-hydrogen) atoms. The fourth-order valence-electron chi connectivity index (χ4n) is 1.93. The summed E-state index contributed by atoms with van der Waals surface area (Å²) >= 11 is 0. The number of aromatic amines is 1. The average molecular weight is 294 g/mol. The Balaban J connectivity index is 1.86. The number of nitrogen functional groups attached to an aromatic ring is 1. The van der Waals surface area contributed by atoms with Crippen molar-refractivity contribution in [2.24, 2.45) is 0 Å². The van der Waals surface area contributed by atoms with E-state index in [1.807, 2.05) is 6.92 Å². The third kappa shape index (κ3) is 3.56. The average Bonchev–Trinajstić information content (AvgIpc) is 2.85. The SMILES string of the molecule is Cc1[nH]ncc1CCCNC(=O)c1cc(F)c(N)c(F)c1. The standard InChI is InChI=1S/C14H16F2N4O/c1-8-9(7-19-20-8)3-2-4-18-14(21)10-5-11(15)13(17)12(16)6-10/h5-7H,2-4,17H2,1H3,(H,18,21)(H,19,20). The van der Waals surface area contributed by atoms with Crippen molar-refractivity contribution in [2.45, 2.75) is 19.8 Å². The van der Waals surface area contributed by atoms with Crippen LogP contribution in [0.1, 0.15) is 28.0 Å². The molecule has 0 radical (unpaired) electrons. The van der Waals surface area contributed by atoms with Crippen molar-refractivity contribution < 1.29 is 13.6 Å². The molecule has 0 aliphatic heterocycles. The molecule has 1 heterocycles. The van der Waals surface area contributed by atoms with E-state index in [4.69, 9.17) is 5.73 Å². The zero-order valence-electron chi connectivity index (χ0n) is 11.5. The summed E-state index contributed by atoms with van der Waals surface area (Å²) in [4.78, 5) is 11.8. The first-order chi connectivity index (χ1) is 9.99. The molecule has 0 unspecified atom stereocenters. The Kier molecular flexibility index (Phi) is 4.52. The van der Waals surface area contributed by atoms with Crippen LogP contribution in [-0.2, 0) is 6.42 Å². The van der Waals surface area contributed by atoms with Crippen molar-refractivity contribution >= 4 is 11.6 Å². The molecule has 7 heteroatoms. The van der Waals surface area contributed by atoms with Crippen molar-refractivity contribution in [2.75, 3.05) is 12.3 Å². The molecule has 0 spiro atoms. The fourth-order valence-corrected chi connectivity index (χ4v) is 1.93. The maximum atomic E-state index is 13.3. The molecule has 0 aliphatic rings. The van der Waals surface area contributed by atoms with E-state index in [0.717, 1.165) is 29.8 Å². The number of hydrogen-bond acceptors (Lipinski definition) is 3. The van der Waals surface area contributed by atoms with Gasteiger partial charge in [-0.3, -0.25) is 9.89 Å². The molecule has 0 saturated heterocycles. The molecule has 0 bridgehead atoms. The summed E-state index contributed by atoms with van der Waals surface area (Å²) in [6, 6.07) is 1.85. The van der Waals surface area contributed by atoms with Gasteiger partial charge in [0.25, 0.3) is 5.91 Å².